The van der Waals surface area contributed by atoms with Crippen LogP contribution in [0.4, 0.5) is 16.3 Å². The first kappa shape index (κ1) is 19.6. The number of hydrogen-bond donors (Lipinski definition) is 0. The molecule has 2 heterocycles. The molecule has 1 fully saturated rings. The van der Waals surface area contributed by atoms with E-state index in [2.05, 4.69) is 9.88 Å². The van der Waals surface area contributed by atoms with Gasteiger partial charge < -0.3 is 14.5 Å². The van der Waals surface area contributed by atoms with Gasteiger partial charge >= 0.3 is 6.09 Å². The number of carbonyl (C=O) groups excluding carboxylic acids is 1. The molecule has 0 aliphatic carbocycles. The molecule has 1 aliphatic heterocycles. The molecule has 27 heavy (non-hydrogen) atoms. The molecule has 0 atom stereocenters. The van der Waals surface area contributed by atoms with Gasteiger partial charge in [0.1, 0.15) is 15.0 Å². The molecule has 1 saturated heterocycles. The molecule has 0 unspecified atom stereocenters. The molecule has 8 nitrogen and oxygen atoms in total. The van der Waals surface area contributed by atoms with Gasteiger partial charge in [-0.05, 0) is 61.6 Å². The Morgan fingerprint density at radius 3 is 2.44 bits per heavy atom. The Kier molecular flexibility index (Phi) is 5.41. The number of benzene rings is 1. The number of amides is 1. The average Bonchev–Trinajstić information content (AvgIpc) is 2.60. The van der Waals surface area contributed by atoms with Crippen LogP contribution in [0.2, 0.25) is 0 Å². The van der Waals surface area contributed by atoms with Crippen LogP contribution in [-0.4, -0.2) is 52.7 Å². The van der Waals surface area contributed by atoms with Crippen LogP contribution in [0.5, 0.6) is 0 Å². The largest absolute Gasteiger partial charge is 0.444 e. The summed E-state index contributed by atoms with van der Waals surface area (Å²) in [6, 6.07) is 6.90. The molecule has 0 bridgehead atoms. The number of nitrogens with zero attached hydrogens (tertiary/aromatic N) is 4. The molecule has 0 saturated carbocycles. The number of hydrogen-bond acceptors (Lipinski definition) is 6. The molecule has 0 spiro atoms. The highest BCUT2D eigenvalue weighted by molar-refractivity contribution is 14.1. The Hall–Kier alpha value is -2.17. The number of pyridine rings is 1. The van der Waals surface area contributed by atoms with E-state index in [1.54, 1.807) is 11.0 Å². The van der Waals surface area contributed by atoms with E-state index in [0.29, 0.717) is 29.7 Å². The molecular weight excluding hydrogens is 459 g/mol. The standard InChI is InChI=1S/C18H21IN4O4/c1-18(2,3)27-17(24)22-10-8-21(9-11-22)15-7-4-12-13(20-15)5-6-14(16(12)19)23(25)26/h4-7H,8-11H2,1-3H3/i19-4. The number of rotatable bonds is 2. The summed E-state index contributed by atoms with van der Waals surface area (Å²) in [5, 5.41) is 11.8. The molecule has 2 aromatic rings. The van der Waals surface area contributed by atoms with Crippen LogP contribution in [0, 0.1) is 13.7 Å². The van der Waals surface area contributed by atoms with Crippen LogP contribution in [0.3, 0.4) is 0 Å². The highest BCUT2D eigenvalue weighted by atomic mass is 123. The second kappa shape index (κ2) is 7.45. The average molecular weight is 480 g/mol. The fraction of sp³-hybridized carbons (Fsp3) is 0.444. The summed E-state index contributed by atoms with van der Waals surface area (Å²) in [4.78, 5) is 31.3. The molecule has 0 N–H and O–H groups in total. The molecule has 9 heteroatoms. The normalized spacial score (nSPS) is 15.1. The van der Waals surface area contributed by atoms with E-state index >= 15 is 0 Å². The van der Waals surface area contributed by atoms with E-state index in [9.17, 15) is 14.9 Å². The Labute approximate surface area is 170 Å². The van der Waals surface area contributed by atoms with Gasteiger partial charge in [0.2, 0.25) is 0 Å². The fourth-order valence-electron chi connectivity index (χ4n) is 2.91. The Morgan fingerprint density at radius 2 is 1.85 bits per heavy atom. The predicted molar refractivity (Wildman–Crippen MR) is 111 cm³/mol. The fourth-order valence-corrected chi connectivity index (χ4v) is 3.74. The summed E-state index contributed by atoms with van der Waals surface area (Å²) in [6.07, 6.45) is -0.296. The van der Waals surface area contributed by atoms with Gasteiger partial charge in [0.05, 0.1) is 10.4 Å². The van der Waals surface area contributed by atoms with Gasteiger partial charge in [-0.3, -0.25) is 10.1 Å². The monoisotopic (exact) mass is 480 g/mol. The minimum Gasteiger partial charge on any atom is -0.444 e. The van der Waals surface area contributed by atoms with Crippen molar-refractivity contribution < 1.29 is 14.5 Å². The van der Waals surface area contributed by atoms with E-state index < -0.39 is 5.60 Å². The van der Waals surface area contributed by atoms with Gasteiger partial charge in [0.25, 0.3) is 5.69 Å². The van der Waals surface area contributed by atoms with Gasteiger partial charge in [-0.1, -0.05) is 0 Å². The SMILES string of the molecule is CC(C)(C)OC(=O)N1CCN(c2ccc3c([123I])c([N+](=O)[O-])ccc3n2)CC1. The second-order valence-electron chi connectivity index (χ2n) is 7.35. The number of fused-ring (bicyclic) bond motifs is 1. The van der Waals surface area contributed by atoms with Crippen molar-refractivity contribution in [2.45, 2.75) is 26.4 Å². The van der Waals surface area contributed by atoms with Gasteiger partial charge in [-0.2, -0.15) is 0 Å². The van der Waals surface area contributed by atoms with Crippen LogP contribution in [0.15, 0.2) is 24.3 Å². The molecular formula is C18H21IN4O4. The maximum absolute atomic E-state index is 12.2. The summed E-state index contributed by atoms with van der Waals surface area (Å²) in [7, 11) is 0. The van der Waals surface area contributed by atoms with Crippen molar-refractivity contribution in [2.75, 3.05) is 31.1 Å². The molecule has 0 radical (unpaired) electrons. The van der Waals surface area contributed by atoms with E-state index in [0.717, 1.165) is 16.7 Å². The first-order valence-corrected chi connectivity index (χ1v) is 9.70. The van der Waals surface area contributed by atoms with Crippen molar-refractivity contribution in [3.63, 3.8) is 0 Å². The maximum atomic E-state index is 12.2. The van der Waals surface area contributed by atoms with Crippen molar-refractivity contribution in [2.24, 2.45) is 0 Å². The Morgan fingerprint density at radius 1 is 1.19 bits per heavy atom. The zero-order valence-corrected chi connectivity index (χ0v) is 17.6. The van der Waals surface area contributed by atoms with E-state index in [-0.39, 0.29) is 16.7 Å². The maximum Gasteiger partial charge on any atom is 0.410 e. The summed E-state index contributed by atoms with van der Waals surface area (Å²) in [5.74, 6) is 0.802. The summed E-state index contributed by atoms with van der Waals surface area (Å²) in [6.45, 7) is 7.99. The molecule has 1 aromatic heterocycles. The lowest BCUT2D eigenvalue weighted by atomic mass is 10.2. The van der Waals surface area contributed by atoms with E-state index in [4.69, 9.17) is 4.74 Å². The third-order valence-corrected chi connectivity index (χ3v) is 5.36. The van der Waals surface area contributed by atoms with Crippen LogP contribution in [-0.2, 0) is 4.74 Å². The van der Waals surface area contributed by atoms with Gasteiger partial charge in [-0.15, -0.1) is 0 Å². The predicted octanol–water partition coefficient (Wildman–Crippen LogP) is 3.80. The molecule has 1 aromatic carbocycles. The quantitative estimate of drug-likeness (QED) is 0.369. The number of ether oxygens (including phenoxy) is 1. The number of carbonyl (C=O) groups is 1. The lowest BCUT2D eigenvalue weighted by Crippen LogP contribution is -2.50. The van der Waals surface area contributed by atoms with Crippen LogP contribution in [0.1, 0.15) is 20.8 Å². The van der Waals surface area contributed by atoms with Gasteiger partial charge in [0, 0.05) is 37.6 Å². The van der Waals surface area contributed by atoms with Crippen molar-refractivity contribution in [3.8, 4) is 0 Å². The third kappa shape index (κ3) is 4.40. The number of piperazine rings is 1. The van der Waals surface area contributed by atoms with Crippen LogP contribution in [0.25, 0.3) is 10.9 Å². The topological polar surface area (TPSA) is 88.8 Å². The Balaban J connectivity index is 1.73. The summed E-state index contributed by atoms with van der Waals surface area (Å²) in [5.41, 5.74) is 0.300. The third-order valence-electron chi connectivity index (χ3n) is 4.22. The number of halogens is 1. The van der Waals surface area contributed by atoms with Gasteiger partial charge in [0.15, 0.2) is 0 Å². The molecule has 1 aliphatic rings. The lowest BCUT2D eigenvalue weighted by molar-refractivity contribution is -0.385. The highest BCUT2D eigenvalue weighted by Gasteiger charge is 2.26. The summed E-state index contributed by atoms with van der Waals surface area (Å²) >= 11 is 1.99. The Bertz CT molecular complexity index is 889. The molecule has 3 rings (SSSR count). The summed E-state index contributed by atoms with van der Waals surface area (Å²) < 4.78 is 6.00. The molecule has 1 amide bonds. The van der Waals surface area contributed by atoms with E-state index in [1.807, 2.05) is 55.5 Å². The number of nitro groups is 1. The smallest absolute Gasteiger partial charge is 0.410 e. The van der Waals surface area contributed by atoms with Crippen LogP contribution < -0.4 is 4.90 Å². The van der Waals surface area contributed by atoms with Crippen molar-refractivity contribution >= 4 is 51.1 Å². The highest BCUT2D eigenvalue weighted by Crippen LogP contribution is 2.30. The first-order valence-electron chi connectivity index (χ1n) is 8.62. The zero-order valence-electron chi connectivity index (χ0n) is 15.4. The number of nitro benzene ring substituents is 1. The number of aromatic nitrogens is 1. The first-order chi connectivity index (χ1) is 12.7. The second-order valence-corrected chi connectivity index (χ2v) is 8.43. The minimum absolute atomic E-state index is 0.0867. The molecule has 144 valence electrons. The lowest BCUT2D eigenvalue weighted by Gasteiger charge is -2.36. The number of anilines is 1. The van der Waals surface area contributed by atoms with Crippen molar-refractivity contribution in [1.29, 1.82) is 0 Å². The van der Waals surface area contributed by atoms with Crippen molar-refractivity contribution in [3.05, 3.63) is 37.9 Å². The van der Waals surface area contributed by atoms with Gasteiger partial charge in [-0.25, -0.2) is 9.78 Å². The minimum atomic E-state index is -0.506. The zero-order chi connectivity index (χ0) is 19.8. The van der Waals surface area contributed by atoms with E-state index in [1.165, 1.54) is 6.07 Å². The van der Waals surface area contributed by atoms with Crippen LogP contribution >= 0.6 is 22.6 Å². The van der Waals surface area contributed by atoms with Crippen molar-refractivity contribution in [1.82, 2.24) is 9.88 Å².